The molecule has 2 rings (SSSR count). The zero-order chi connectivity index (χ0) is 14.0. The van der Waals surface area contributed by atoms with Crippen LogP contribution in [0.15, 0.2) is 40.9 Å². The van der Waals surface area contributed by atoms with Gasteiger partial charge in [0.2, 0.25) is 0 Å². The Hall–Kier alpha value is -0.530. The van der Waals surface area contributed by atoms with E-state index in [-0.39, 0.29) is 12.5 Å². The van der Waals surface area contributed by atoms with E-state index >= 15 is 0 Å². The van der Waals surface area contributed by atoms with Crippen molar-refractivity contribution < 1.29 is 8.78 Å². The van der Waals surface area contributed by atoms with Crippen molar-refractivity contribution in [2.24, 2.45) is 5.73 Å². The van der Waals surface area contributed by atoms with Crippen LogP contribution in [0.2, 0.25) is 0 Å². The van der Waals surface area contributed by atoms with Crippen LogP contribution in [0, 0.1) is 15.2 Å². The molecule has 0 aliphatic heterocycles. The van der Waals surface area contributed by atoms with Crippen molar-refractivity contribution in [3.8, 4) is 0 Å². The topological polar surface area (TPSA) is 26.0 Å². The quantitative estimate of drug-likeness (QED) is 0.699. The second kappa shape index (κ2) is 6.28. The highest BCUT2D eigenvalue weighted by Crippen LogP contribution is 2.26. The molecular formula is C14H11BrF2IN. The summed E-state index contributed by atoms with van der Waals surface area (Å²) in [5.41, 5.74) is 7.31. The molecule has 0 aliphatic rings. The molecule has 0 radical (unpaired) electrons. The van der Waals surface area contributed by atoms with Gasteiger partial charge in [-0.3, -0.25) is 0 Å². The van der Waals surface area contributed by atoms with E-state index < -0.39 is 11.6 Å². The molecule has 2 aromatic carbocycles. The number of benzene rings is 2. The van der Waals surface area contributed by atoms with Gasteiger partial charge >= 0.3 is 0 Å². The van der Waals surface area contributed by atoms with E-state index in [4.69, 9.17) is 5.73 Å². The molecule has 1 nitrogen and oxygen atoms in total. The summed E-state index contributed by atoms with van der Waals surface area (Å²) in [5.74, 6) is -0.880. The summed E-state index contributed by atoms with van der Waals surface area (Å²) >= 11 is 5.56. The fraction of sp³-hybridized carbons (Fsp3) is 0.143. The standard InChI is InChI=1S/C14H11BrF2IN/c15-9-1-4-13(18)11(7-9)14(19)6-8-5-10(16)2-3-12(8)17/h1-5,7,14H,6,19H2. The molecule has 19 heavy (non-hydrogen) atoms. The molecular weight excluding hydrogens is 427 g/mol. The van der Waals surface area contributed by atoms with Gasteiger partial charge in [-0.15, -0.1) is 0 Å². The van der Waals surface area contributed by atoms with E-state index in [1.54, 1.807) is 0 Å². The fourth-order valence-electron chi connectivity index (χ4n) is 1.85. The summed E-state index contributed by atoms with van der Waals surface area (Å²) in [7, 11) is 0. The smallest absolute Gasteiger partial charge is 0.126 e. The predicted molar refractivity (Wildman–Crippen MR) is 83.8 cm³/mol. The van der Waals surface area contributed by atoms with Gasteiger partial charge in [0, 0.05) is 14.1 Å². The molecule has 2 N–H and O–H groups in total. The Labute approximate surface area is 132 Å². The predicted octanol–water partition coefficient (Wildman–Crippen LogP) is 4.57. The molecule has 0 spiro atoms. The van der Waals surface area contributed by atoms with Gasteiger partial charge in [-0.1, -0.05) is 15.9 Å². The van der Waals surface area contributed by atoms with Crippen LogP contribution < -0.4 is 5.73 Å². The number of rotatable bonds is 3. The third-order valence-electron chi connectivity index (χ3n) is 2.81. The second-order valence-corrected chi connectivity index (χ2v) is 6.29. The second-order valence-electron chi connectivity index (χ2n) is 4.21. The maximum absolute atomic E-state index is 13.6. The van der Waals surface area contributed by atoms with Crippen LogP contribution >= 0.6 is 38.5 Å². The van der Waals surface area contributed by atoms with Crippen LogP contribution in [0.4, 0.5) is 8.78 Å². The molecule has 100 valence electrons. The Morgan fingerprint density at radius 1 is 1.16 bits per heavy atom. The van der Waals surface area contributed by atoms with E-state index in [9.17, 15) is 8.78 Å². The maximum atomic E-state index is 13.6. The molecule has 0 heterocycles. The van der Waals surface area contributed by atoms with Crippen molar-refractivity contribution in [3.63, 3.8) is 0 Å². The van der Waals surface area contributed by atoms with Gasteiger partial charge in [0.25, 0.3) is 0 Å². The Morgan fingerprint density at radius 3 is 2.63 bits per heavy atom. The lowest BCUT2D eigenvalue weighted by Crippen LogP contribution is -2.15. The van der Waals surface area contributed by atoms with Crippen LogP contribution in [-0.4, -0.2) is 0 Å². The maximum Gasteiger partial charge on any atom is 0.126 e. The number of hydrogen-bond acceptors (Lipinski definition) is 1. The highest BCUT2D eigenvalue weighted by Gasteiger charge is 2.14. The third-order valence-corrected chi connectivity index (χ3v) is 4.28. The molecule has 0 aromatic heterocycles. The van der Waals surface area contributed by atoms with Gasteiger partial charge in [0.1, 0.15) is 11.6 Å². The minimum absolute atomic E-state index is 0.260. The third kappa shape index (κ3) is 3.73. The molecule has 1 atom stereocenters. The monoisotopic (exact) mass is 437 g/mol. The average Bonchev–Trinajstić information content (AvgIpc) is 2.36. The minimum atomic E-state index is -0.451. The number of nitrogens with two attached hydrogens (primary N) is 1. The van der Waals surface area contributed by atoms with Crippen LogP contribution in [-0.2, 0) is 6.42 Å². The number of hydrogen-bond donors (Lipinski definition) is 1. The van der Waals surface area contributed by atoms with E-state index in [1.165, 1.54) is 6.07 Å². The highest BCUT2D eigenvalue weighted by molar-refractivity contribution is 14.1. The van der Waals surface area contributed by atoms with Crippen LogP contribution in [0.3, 0.4) is 0 Å². The Morgan fingerprint density at radius 2 is 1.89 bits per heavy atom. The molecule has 0 amide bonds. The normalized spacial score (nSPS) is 12.5. The number of halogens is 4. The van der Waals surface area contributed by atoms with Gasteiger partial charge in [-0.05, 0) is 76.5 Å². The van der Waals surface area contributed by atoms with E-state index in [0.717, 1.165) is 25.7 Å². The molecule has 0 aliphatic carbocycles. The summed E-state index contributed by atoms with van der Waals surface area (Å²) < 4.78 is 28.6. The molecule has 0 saturated heterocycles. The van der Waals surface area contributed by atoms with Gasteiger partial charge < -0.3 is 5.73 Å². The molecule has 0 bridgehead atoms. The highest BCUT2D eigenvalue weighted by atomic mass is 127. The largest absolute Gasteiger partial charge is 0.324 e. The van der Waals surface area contributed by atoms with Crippen molar-refractivity contribution in [1.29, 1.82) is 0 Å². The van der Waals surface area contributed by atoms with Crippen LogP contribution in [0.5, 0.6) is 0 Å². The lowest BCUT2D eigenvalue weighted by molar-refractivity contribution is 0.572. The van der Waals surface area contributed by atoms with Crippen LogP contribution in [0.25, 0.3) is 0 Å². The van der Waals surface area contributed by atoms with Crippen molar-refractivity contribution in [2.75, 3.05) is 0 Å². The lowest BCUT2D eigenvalue weighted by Gasteiger charge is -2.15. The van der Waals surface area contributed by atoms with Crippen molar-refractivity contribution in [2.45, 2.75) is 12.5 Å². The molecule has 0 fully saturated rings. The molecule has 5 heteroatoms. The first-order valence-electron chi connectivity index (χ1n) is 5.62. The molecule has 1 unspecified atom stereocenters. The first-order chi connectivity index (χ1) is 8.97. The van der Waals surface area contributed by atoms with Gasteiger partial charge in [0.15, 0.2) is 0 Å². The average molecular weight is 438 g/mol. The van der Waals surface area contributed by atoms with Crippen molar-refractivity contribution in [3.05, 3.63) is 67.2 Å². The summed E-state index contributed by atoms with van der Waals surface area (Å²) in [5, 5.41) is 0. The van der Waals surface area contributed by atoms with E-state index in [0.29, 0.717) is 5.56 Å². The zero-order valence-corrected chi connectivity index (χ0v) is 13.6. The first-order valence-corrected chi connectivity index (χ1v) is 7.49. The molecule has 2 aromatic rings. The lowest BCUT2D eigenvalue weighted by atomic mass is 9.99. The summed E-state index contributed by atoms with van der Waals surface area (Å²) in [6.45, 7) is 0. The Kier molecular flexibility index (Phi) is 4.92. The minimum Gasteiger partial charge on any atom is -0.324 e. The Bertz CT molecular complexity index is 604. The fourth-order valence-corrected chi connectivity index (χ4v) is 2.96. The van der Waals surface area contributed by atoms with Crippen molar-refractivity contribution in [1.82, 2.24) is 0 Å². The Balaban J connectivity index is 2.27. The van der Waals surface area contributed by atoms with Gasteiger partial charge in [-0.25, -0.2) is 8.78 Å². The summed E-state index contributed by atoms with van der Waals surface area (Å²) in [4.78, 5) is 0. The van der Waals surface area contributed by atoms with Crippen LogP contribution in [0.1, 0.15) is 17.2 Å². The van der Waals surface area contributed by atoms with Gasteiger partial charge in [0.05, 0.1) is 0 Å². The molecule has 0 saturated carbocycles. The zero-order valence-electron chi connectivity index (χ0n) is 9.84. The summed E-state index contributed by atoms with van der Waals surface area (Å²) in [6.07, 6.45) is 0.260. The van der Waals surface area contributed by atoms with Crippen molar-refractivity contribution >= 4 is 38.5 Å². The first kappa shape index (κ1) is 14.9. The SMILES string of the molecule is NC(Cc1cc(F)ccc1F)c1cc(Br)ccc1I. The van der Waals surface area contributed by atoms with E-state index in [1.807, 2.05) is 18.2 Å². The van der Waals surface area contributed by atoms with E-state index in [2.05, 4.69) is 38.5 Å². The summed E-state index contributed by atoms with van der Waals surface area (Å²) in [6, 6.07) is 8.81. The van der Waals surface area contributed by atoms with Gasteiger partial charge in [-0.2, -0.15) is 0 Å².